The number of pyridine rings is 1. The fourth-order valence-electron chi connectivity index (χ4n) is 2.29. The van der Waals surface area contributed by atoms with Crippen LogP contribution in [0.25, 0.3) is 0 Å². The second-order valence-electron chi connectivity index (χ2n) is 4.95. The van der Waals surface area contributed by atoms with Crippen molar-refractivity contribution in [3.8, 4) is 0 Å². The highest BCUT2D eigenvalue weighted by Crippen LogP contribution is 2.20. The Balaban J connectivity index is 2.21. The summed E-state index contributed by atoms with van der Waals surface area (Å²) in [4.78, 5) is 13.3. The summed E-state index contributed by atoms with van der Waals surface area (Å²) >= 11 is 5.63. The van der Waals surface area contributed by atoms with Crippen molar-refractivity contribution in [3.05, 3.63) is 27.6 Å². The van der Waals surface area contributed by atoms with E-state index in [1.807, 2.05) is 0 Å². The maximum atomic E-state index is 12.2. The molecule has 1 aliphatic rings. The zero-order valence-corrected chi connectivity index (χ0v) is 12.4. The third-order valence-electron chi connectivity index (χ3n) is 3.43. The summed E-state index contributed by atoms with van der Waals surface area (Å²) in [6, 6.07) is 0.597. The first kappa shape index (κ1) is 15.5. The molecule has 2 unspecified atom stereocenters. The average Bonchev–Trinajstić information content (AvgIpc) is 2.58. The van der Waals surface area contributed by atoms with Crippen molar-refractivity contribution >= 4 is 21.6 Å². The summed E-state index contributed by atoms with van der Waals surface area (Å²) in [5.74, 6) is 0. The van der Waals surface area contributed by atoms with Gasteiger partial charge in [-0.2, -0.15) is 0 Å². The Morgan fingerprint density at radius 2 is 2.00 bits per heavy atom. The number of hydrogen-bond donors (Lipinski definition) is 3. The van der Waals surface area contributed by atoms with Crippen molar-refractivity contribution in [2.24, 2.45) is 0 Å². The molecule has 20 heavy (non-hydrogen) atoms. The summed E-state index contributed by atoms with van der Waals surface area (Å²) in [6.45, 7) is 0. The van der Waals surface area contributed by atoms with Gasteiger partial charge in [-0.15, -0.1) is 0 Å². The SMILES string of the molecule is O=c1[nH]cc(S(=O)(=O)NC2CCCCCC2O)cc1Cl. The topological polar surface area (TPSA) is 99.3 Å². The molecule has 2 rings (SSSR count). The highest BCUT2D eigenvalue weighted by atomic mass is 35.5. The Bertz CT molecular complexity index is 629. The molecule has 1 heterocycles. The average molecular weight is 321 g/mol. The summed E-state index contributed by atoms with van der Waals surface area (Å²) < 4.78 is 26.9. The Kier molecular flexibility index (Phi) is 4.85. The normalized spacial score (nSPS) is 24.3. The maximum absolute atomic E-state index is 12.2. The van der Waals surface area contributed by atoms with Gasteiger partial charge in [0.1, 0.15) is 5.02 Å². The fourth-order valence-corrected chi connectivity index (χ4v) is 3.82. The third kappa shape index (κ3) is 3.60. The van der Waals surface area contributed by atoms with Crippen LogP contribution in [0.4, 0.5) is 0 Å². The Labute approximate surface area is 122 Å². The maximum Gasteiger partial charge on any atom is 0.266 e. The largest absolute Gasteiger partial charge is 0.391 e. The van der Waals surface area contributed by atoms with Gasteiger partial charge >= 0.3 is 0 Å². The van der Waals surface area contributed by atoms with Gasteiger partial charge < -0.3 is 10.1 Å². The van der Waals surface area contributed by atoms with Crippen molar-refractivity contribution in [2.75, 3.05) is 0 Å². The first-order chi connectivity index (χ1) is 9.40. The second-order valence-corrected chi connectivity index (χ2v) is 7.07. The van der Waals surface area contributed by atoms with E-state index in [0.29, 0.717) is 12.8 Å². The van der Waals surface area contributed by atoms with Gasteiger partial charge in [-0.3, -0.25) is 4.79 Å². The Morgan fingerprint density at radius 1 is 1.30 bits per heavy atom. The molecule has 8 heteroatoms. The number of rotatable bonds is 3. The van der Waals surface area contributed by atoms with Gasteiger partial charge in [-0.25, -0.2) is 13.1 Å². The van der Waals surface area contributed by atoms with Crippen LogP contribution in [-0.4, -0.2) is 30.7 Å². The van der Waals surface area contributed by atoms with Gasteiger partial charge in [0.2, 0.25) is 10.0 Å². The number of aromatic nitrogens is 1. The van der Waals surface area contributed by atoms with Crippen LogP contribution < -0.4 is 10.3 Å². The molecule has 112 valence electrons. The molecule has 2 atom stereocenters. The number of aromatic amines is 1. The van der Waals surface area contributed by atoms with E-state index in [1.54, 1.807) is 0 Å². The molecular formula is C12H17ClN2O4S. The van der Waals surface area contributed by atoms with Crippen molar-refractivity contribution < 1.29 is 13.5 Å². The van der Waals surface area contributed by atoms with E-state index in [0.717, 1.165) is 31.5 Å². The van der Waals surface area contributed by atoms with E-state index in [9.17, 15) is 18.3 Å². The minimum absolute atomic E-state index is 0.112. The van der Waals surface area contributed by atoms with E-state index in [1.165, 1.54) is 0 Å². The molecule has 0 saturated heterocycles. The Morgan fingerprint density at radius 3 is 2.70 bits per heavy atom. The molecule has 0 spiro atoms. The number of H-pyrrole nitrogens is 1. The van der Waals surface area contributed by atoms with E-state index in [-0.39, 0.29) is 9.92 Å². The van der Waals surface area contributed by atoms with Crippen LogP contribution in [-0.2, 0) is 10.0 Å². The van der Waals surface area contributed by atoms with Gasteiger partial charge in [0.15, 0.2) is 0 Å². The van der Waals surface area contributed by atoms with Crippen LogP contribution in [0.1, 0.15) is 32.1 Å². The van der Waals surface area contributed by atoms with Crippen molar-refractivity contribution in [2.45, 2.75) is 49.1 Å². The first-order valence-electron chi connectivity index (χ1n) is 6.49. The molecule has 1 aliphatic carbocycles. The third-order valence-corrected chi connectivity index (χ3v) is 5.18. The van der Waals surface area contributed by atoms with Crippen LogP contribution >= 0.6 is 11.6 Å². The number of aliphatic hydroxyl groups excluding tert-OH is 1. The van der Waals surface area contributed by atoms with Crippen molar-refractivity contribution in [1.82, 2.24) is 9.71 Å². The lowest BCUT2D eigenvalue weighted by Gasteiger charge is -2.21. The van der Waals surface area contributed by atoms with E-state index < -0.39 is 27.7 Å². The van der Waals surface area contributed by atoms with Crippen LogP contribution in [0.3, 0.4) is 0 Å². The van der Waals surface area contributed by atoms with Crippen molar-refractivity contribution in [3.63, 3.8) is 0 Å². The summed E-state index contributed by atoms with van der Waals surface area (Å²) in [5.41, 5.74) is -0.542. The van der Waals surface area contributed by atoms with E-state index >= 15 is 0 Å². The zero-order chi connectivity index (χ0) is 14.8. The highest BCUT2D eigenvalue weighted by molar-refractivity contribution is 7.89. The summed E-state index contributed by atoms with van der Waals surface area (Å²) in [6.07, 6.45) is 4.34. The number of hydrogen-bond acceptors (Lipinski definition) is 4. The molecule has 1 fully saturated rings. The summed E-state index contributed by atoms with van der Waals surface area (Å²) in [5, 5.41) is 9.76. The lowest BCUT2D eigenvalue weighted by Crippen LogP contribution is -2.42. The molecule has 0 aliphatic heterocycles. The smallest absolute Gasteiger partial charge is 0.266 e. The predicted octanol–water partition coefficient (Wildman–Crippen LogP) is 1.00. The van der Waals surface area contributed by atoms with E-state index in [2.05, 4.69) is 9.71 Å². The molecular weight excluding hydrogens is 304 g/mol. The molecule has 1 aromatic rings. The van der Waals surface area contributed by atoms with Crippen LogP contribution in [0.2, 0.25) is 5.02 Å². The quantitative estimate of drug-likeness (QED) is 0.723. The zero-order valence-electron chi connectivity index (χ0n) is 10.8. The monoisotopic (exact) mass is 320 g/mol. The second kappa shape index (κ2) is 6.26. The molecule has 1 aromatic heterocycles. The molecule has 1 saturated carbocycles. The minimum Gasteiger partial charge on any atom is -0.391 e. The number of nitrogens with one attached hydrogen (secondary N) is 2. The van der Waals surface area contributed by atoms with Crippen LogP contribution in [0.5, 0.6) is 0 Å². The standard InChI is InChI=1S/C12H17ClN2O4S/c13-9-6-8(7-14-12(9)17)20(18,19)15-10-4-2-1-3-5-11(10)16/h6-7,10-11,15-16H,1-5H2,(H,14,17). The lowest BCUT2D eigenvalue weighted by atomic mass is 10.1. The molecule has 6 nitrogen and oxygen atoms in total. The summed E-state index contributed by atoms with van der Waals surface area (Å²) in [7, 11) is -3.81. The van der Waals surface area contributed by atoms with Crippen molar-refractivity contribution in [1.29, 1.82) is 0 Å². The molecule has 0 bridgehead atoms. The lowest BCUT2D eigenvalue weighted by molar-refractivity contribution is 0.130. The fraction of sp³-hybridized carbons (Fsp3) is 0.583. The Hall–Kier alpha value is -0.890. The van der Waals surface area contributed by atoms with Gasteiger partial charge in [-0.1, -0.05) is 30.9 Å². The van der Waals surface area contributed by atoms with Gasteiger partial charge in [0.05, 0.1) is 11.0 Å². The van der Waals surface area contributed by atoms with Gasteiger partial charge in [0.25, 0.3) is 5.56 Å². The molecule has 0 aromatic carbocycles. The van der Waals surface area contributed by atoms with Crippen LogP contribution in [0.15, 0.2) is 22.0 Å². The number of sulfonamides is 1. The predicted molar refractivity (Wildman–Crippen MR) is 75.3 cm³/mol. The van der Waals surface area contributed by atoms with E-state index in [4.69, 9.17) is 11.6 Å². The molecule has 0 radical (unpaired) electrons. The number of halogens is 1. The number of aliphatic hydroxyl groups is 1. The minimum atomic E-state index is -3.81. The molecule has 3 N–H and O–H groups in total. The molecule has 0 amide bonds. The van der Waals surface area contributed by atoms with Gasteiger partial charge in [-0.05, 0) is 18.9 Å². The highest BCUT2D eigenvalue weighted by Gasteiger charge is 2.27. The first-order valence-corrected chi connectivity index (χ1v) is 8.35. The van der Waals surface area contributed by atoms with Crippen LogP contribution in [0, 0.1) is 0 Å². The van der Waals surface area contributed by atoms with Gasteiger partial charge in [0, 0.05) is 12.2 Å².